The highest BCUT2D eigenvalue weighted by Crippen LogP contribution is 2.25. The van der Waals surface area contributed by atoms with Crippen molar-refractivity contribution < 1.29 is 27.4 Å². The van der Waals surface area contributed by atoms with Crippen molar-refractivity contribution in [1.82, 2.24) is 10.0 Å². The number of amides is 1. The van der Waals surface area contributed by atoms with Crippen LogP contribution in [-0.4, -0.2) is 55.4 Å². The maximum Gasteiger partial charge on any atom is 0.235 e. The number of benzene rings is 1. The second kappa shape index (κ2) is 10.1. The molecular weight excluding hydrogens is 336 g/mol. The molecule has 0 aromatic heterocycles. The van der Waals surface area contributed by atoms with Crippen LogP contribution < -0.4 is 19.5 Å². The molecule has 1 amide bonds. The van der Waals surface area contributed by atoms with Crippen LogP contribution in [0.3, 0.4) is 0 Å². The van der Waals surface area contributed by atoms with E-state index in [-0.39, 0.29) is 12.3 Å². The van der Waals surface area contributed by atoms with Crippen LogP contribution >= 0.6 is 0 Å². The van der Waals surface area contributed by atoms with Crippen LogP contribution in [0.5, 0.6) is 11.5 Å². The number of sulfonamides is 1. The van der Waals surface area contributed by atoms with Crippen molar-refractivity contribution in [2.24, 2.45) is 0 Å². The third kappa shape index (κ3) is 7.16. The first-order valence-corrected chi connectivity index (χ1v) is 9.01. The Kier molecular flexibility index (Phi) is 8.51. The van der Waals surface area contributed by atoms with Crippen molar-refractivity contribution in [3.63, 3.8) is 0 Å². The summed E-state index contributed by atoms with van der Waals surface area (Å²) in [5, 5.41) is 2.60. The minimum Gasteiger partial charge on any atom is -0.497 e. The predicted octanol–water partition coefficient (Wildman–Crippen LogP) is 0.276. The van der Waals surface area contributed by atoms with Crippen molar-refractivity contribution in [3.05, 3.63) is 23.8 Å². The van der Waals surface area contributed by atoms with Crippen LogP contribution in [0.2, 0.25) is 0 Å². The normalized spacial score (nSPS) is 11.1. The molecule has 136 valence electrons. The number of hydrogen-bond donors (Lipinski definition) is 2. The molecule has 0 aliphatic carbocycles. The van der Waals surface area contributed by atoms with E-state index in [0.29, 0.717) is 36.6 Å². The molecule has 0 fully saturated rings. The van der Waals surface area contributed by atoms with E-state index in [1.54, 1.807) is 25.3 Å². The number of carbonyl (C=O) groups excluding carboxylic acids is 1. The van der Waals surface area contributed by atoms with E-state index in [1.165, 1.54) is 14.2 Å². The molecule has 0 unspecified atom stereocenters. The smallest absolute Gasteiger partial charge is 0.235 e. The van der Waals surface area contributed by atoms with Gasteiger partial charge in [0.1, 0.15) is 11.5 Å². The Labute approximate surface area is 142 Å². The number of hydrogen-bond acceptors (Lipinski definition) is 6. The molecule has 0 atom stereocenters. The third-order valence-electron chi connectivity index (χ3n) is 3.14. The standard InChI is InChI=1S/C15H24N2O6S/c1-21-8-4-7-16-15(18)10-17-24(19,20)11-12-5-6-13(22-2)9-14(12)23-3/h5-6,9,17H,4,7-8,10-11H2,1-3H3,(H,16,18). The summed E-state index contributed by atoms with van der Waals surface area (Å²) < 4.78 is 41.6. The summed E-state index contributed by atoms with van der Waals surface area (Å²) in [5.41, 5.74) is 0.478. The van der Waals surface area contributed by atoms with Gasteiger partial charge in [0.15, 0.2) is 0 Å². The predicted molar refractivity (Wildman–Crippen MR) is 89.7 cm³/mol. The molecule has 24 heavy (non-hydrogen) atoms. The number of rotatable bonds is 11. The summed E-state index contributed by atoms with van der Waals surface area (Å²) in [5.74, 6) is 0.286. The molecule has 0 saturated heterocycles. The van der Waals surface area contributed by atoms with Gasteiger partial charge in [0, 0.05) is 31.9 Å². The van der Waals surface area contributed by atoms with Crippen LogP contribution in [0.4, 0.5) is 0 Å². The lowest BCUT2D eigenvalue weighted by atomic mass is 10.2. The molecule has 8 nitrogen and oxygen atoms in total. The van der Waals surface area contributed by atoms with Crippen LogP contribution in [0.25, 0.3) is 0 Å². The monoisotopic (exact) mass is 360 g/mol. The van der Waals surface area contributed by atoms with Crippen molar-refractivity contribution >= 4 is 15.9 Å². The number of nitrogens with one attached hydrogen (secondary N) is 2. The quantitative estimate of drug-likeness (QED) is 0.549. The SMILES string of the molecule is COCCCNC(=O)CNS(=O)(=O)Cc1ccc(OC)cc1OC. The fourth-order valence-electron chi connectivity index (χ4n) is 1.91. The van der Waals surface area contributed by atoms with Gasteiger partial charge >= 0.3 is 0 Å². The number of carbonyl (C=O) groups is 1. The molecule has 9 heteroatoms. The average Bonchev–Trinajstić information content (AvgIpc) is 2.57. The van der Waals surface area contributed by atoms with E-state index in [9.17, 15) is 13.2 Å². The molecular formula is C15H24N2O6S. The number of methoxy groups -OCH3 is 3. The van der Waals surface area contributed by atoms with Gasteiger partial charge in [-0.3, -0.25) is 4.79 Å². The first-order valence-electron chi connectivity index (χ1n) is 7.35. The van der Waals surface area contributed by atoms with Gasteiger partial charge in [-0.1, -0.05) is 6.07 Å². The van der Waals surface area contributed by atoms with Crippen LogP contribution in [0, 0.1) is 0 Å². The van der Waals surface area contributed by atoms with Gasteiger partial charge in [0.2, 0.25) is 15.9 Å². The molecule has 0 radical (unpaired) electrons. The lowest BCUT2D eigenvalue weighted by molar-refractivity contribution is -0.120. The lowest BCUT2D eigenvalue weighted by Crippen LogP contribution is -2.38. The summed E-state index contributed by atoms with van der Waals surface area (Å²) in [7, 11) is 0.861. The summed E-state index contributed by atoms with van der Waals surface area (Å²) in [4.78, 5) is 11.6. The Morgan fingerprint density at radius 2 is 1.92 bits per heavy atom. The van der Waals surface area contributed by atoms with E-state index < -0.39 is 15.9 Å². The molecule has 0 aliphatic heterocycles. The highest BCUT2D eigenvalue weighted by Gasteiger charge is 2.16. The van der Waals surface area contributed by atoms with E-state index in [4.69, 9.17) is 14.2 Å². The third-order valence-corrected chi connectivity index (χ3v) is 4.42. The van der Waals surface area contributed by atoms with Gasteiger partial charge in [-0.25, -0.2) is 13.1 Å². The zero-order chi connectivity index (χ0) is 18.0. The van der Waals surface area contributed by atoms with Gasteiger partial charge in [0.05, 0.1) is 26.5 Å². The second-order valence-corrected chi connectivity index (χ2v) is 6.76. The Morgan fingerprint density at radius 1 is 1.17 bits per heavy atom. The lowest BCUT2D eigenvalue weighted by Gasteiger charge is -2.11. The first-order chi connectivity index (χ1) is 11.4. The van der Waals surface area contributed by atoms with Crippen molar-refractivity contribution in [3.8, 4) is 11.5 Å². The Morgan fingerprint density at radius 3 is 2.54 bits per heavy atom. The minimum absolute atomic E-state index is 0.295. The first kappa shape index (κ1) is 20.2. The molecule has 0 saturated carbocycles. The van der Waals surface area contributed by atoms with Gasteiger partial charge < -0.3 is 19.5 Å². The van der Waals surface area contributed by atoms with Crippen LogP contribution in [0.1, 0.15) is 12.0 Å². The fourth-order valence-corrected chi connectivity index (χ4v) is 3.01. The maximum absolute atomic E-state index is 12.1. The summed E-state index contributed by atoms with van der Waals surface area (Å²) in [6.07, 6.45) is 0.665. The highest BCUT2D eigenvalue weighted by molar-refractivity contribution is 7.88. The molecule has 0 spiro atoms. The Bertz CT molecular complexity index is 633. The molecule has 2 N–H and O–H groups in total. The van der Waals surface area contributed by atoms with Crippen molar-refractivity contribution in [2.75, 3.05) is 41.0 Å². The maximum atomic E-state index is 12.1. The van der Waals surface area contributed by atoms with Crippen molar-refractivity contribution in [1.29, 1.82) is 0 Å². The van der Waals surface area contributed by atoms with Gasteiger partial charge in [-0.05, 0) is 12.5 Å². The minimum atomic E-state index is -3.67. The van der Waals surface area contributed by atoms with E-state index >= 15 is 0 Å². The zero-order valence-electron chi connectivity index (χ0n) is 14.1. The highest BCUT2D eigenvalue weighted by atomic mass is 32.2. The summed E-state index contributed by atoms with van der Waals surface area (Å²) >= 11 is 0. The fraction of sp³-hybridized carbons (Fsp3) is 0.533. The molecule has 0 heterocycles. The summed E-state index contributed by atoms with van der Waals surface area (Å²) in [6, 6.07) is 4.87. The van der Waals surface area contributed by atoms with Crippen molar-refractivity contribution in [2.45, 2.75) is 12.2 Å². The van der Waals surface area contributed by atoms with Crippen LogP contribution in [0.15, 0.2) is 18.2 Å². The van der Waals surface area contributed by atoms with E-state index in [0.717, 1.165) is 0 Å². The summed E-state index contributed by atoms with van der Waals surface area (Å²) in [6.45, 7) is 0.651. The van der Waals surface area contributed by atoms with Gasteiger partial charge in [-0.15, -0.1) is 0 Å². The molecule has 0 aliphatic rings. The second-order valence-electron chi connectivity index (χ2n) is 4.95. The molecule has 1 aromatic rings. The van der Waals surface area contributed by atoms with E-state index in [1.807, 2.05) is 0 Å². The number of ether oxygens (including phenoxy) is 3. The molecule has 1 aromatic carbocycles. The molecule has 1 rings (SSSR count). The van der Waals surface area contributed by atoms with Gasteiger partial charge in [-0.2, -0.15) is 0 Å². The zero-order valence-corrected chi connectivity index (χ0v) is 14.9. The van der Waals surface area contributed by atoms with E-state index in [2.05, 4.69) is 10.0 Å². The largest absolute Gasteiger partial charge is 0.497 e. The average molecular weight is 360 g/mol. The topological polar surface area (TPSA) is 103 Å². The van der Waals surface area contributed by atoms with Crippen LogP contribution in [-0.2, 0) is 25.3 Å². The molecule has 0 bridgehead atoms. The Hall–Kier alpha value is -1.84. The van der Waals surface area contributed by atoms with Gasteiger partial charge in [0.25, 0.3) is 0 Å². The Balaban J connectivity index is 2.56.